The Morgan fingerprint density at radius 2 is 1.76 bits per heavy atom. The predicted octanol–water partition coefficient (Wildman–Crippen LogP) is 4.08. The molecule has 2 nitrogen and oxygen atoms in total. The second-order valence-corrected chi connectivity index (χ2v) is 6.61. The van der Waals surface area contributed by atoms with Gasteiger partial charge in [-0.05, 0) is 36.3 Å². The molecule has 0 saturated heterocycles. The summed E-state index contributed by atoms with van der Waals surface area (Å²) in [6.07, 6.45) is 8.20. The lowest BCUT2D eigenvalue weighted by Crippen LogP contribution is -2.26. The van der Waals surface area contributed by atoms with E-state index in [-0.39, 0.29) is 0 Å². The molecule has 1 atom stereocenters. The molecule has 1 aromatic heterocycles. The zero-order chi connectivity index (χ0) is 15.1. The highest BCUT2D eigenvalue weighted by Gasteiger charge is 2.28. The molecule has 1 aromatic carbocycles. The average molecular weight is 317 g/mol. The van der Waals surface area contributed by atoms with Gasteiger partial charge in [-0.3, -0.25) is 4.98 Å². The molecule has 0 fully saturated rings. The minimum Gasteiger partial charge on any atom is -0.381 e. The van der Waals surface area contributed by atoms with Gasteiger partial charge in [-0.15, -0.1) is 23.5 Å². The summed E-state index contributed by atoms with van der Waals surface area (Å²) in [7, 11) is 0. The minimum absolute atomic E-state index is 0.461. The molecule has 0 radical (unpaired) electrons. The molecule has 21 heavy (non-hydrogen) atoms. The van der Waals surface area contributed by atoms with Crippen LogP contribution in [-0.4, -0.2) is 22.6 Å². The van der Waals surface area contributed by atoms with E-state index in [0.29, 0.717) is 6.42 Å². The molecule has 1 heterocycles. The van der Waals surface area contributed by atoms with Crippen LogP contribution in [0.2, 0.25) is 0 Å². The van der Waals surface area contributed by atoms with Gasteiger partial charge in [-0.2, -0.15) is 0 Å². The van der Waals surface area contributed by atoms with Crippen LogP contribution >= 0.6 is 23.5 Å². The van der Waals surface area contributed by atoms with Gasteiger partial charge in [0.1, 0.15) is 5.60 Å². The van der Waals surface area contributed by atoms with Gasteiger partial charge in [0.15, 0.2) is 0 Å². The quantitative estimate of drug-likeness (QED) is 0.870. The summed E-state index contributed by atoms with van der Waals surface area (Å²) in [6, 6.07) is 15.5. The van der Waals surface area contributed by atoms with Crippen molar-refractivity contribution >= 4 is 23.5 Å². The van der Waals surface area contributed by atoms with E-state index in [1.807, 2.05) is 67.1 Å². The van der Waals surface area contributed by atoms with Gasteiger partial charge >= 0.3 is 0 Å². The summed E-state index contributed by atoms with van der Waals surface area (Å²) < 4.78 is 1.09. The first-order chi connectivity index (χ1) is 10.2. The lowest BCUT2D eigenvalue weighted by atomic mass is 9.89. The Morgan fingerprint density at radius 1 is 1.10 bits per heavy atom. The molecule has 2 rings (SSSR count). The van der Waals surface area contributed by atoms with Crippen LogP contribution in [0.15, 0.2) is 65.0 Å². The van der Waals surface area contributed by atoms with Crippen LogP contribution < -0.4 is 0 Å². The topological polar surface area (TPSA) is 33.1 Å². The number of nitrogens with zero attached hydrogens (tertiary/aromatic N) is 1. The molecule has 0 amide bonds. The molecule has 0 saturated carbocycles. The van der Waals surface area contributed by atoms with Crippen LogP contribution in [0.1, 0.15) is 11.3 Å². The Bertz CT molecular complexity index is 580. The number of rotatable bonds is 6. The van der Waals surface area contributed by atoms with Crippen LogP contribution in [0.25, 0.3) is 0 Å². The fourth-order valence-electron chi connectivity index (χ4n) is 2.14. The van der Waals surface area contributed by atoms with Crippen molar-refractivity contribution in [3.05, 3.63) is 76.3 Å². The average Bonchev–Trinajstić information content (AvgIpc) is 2.54. The van der Waals surface area contributed by atoms with Crippen molar-refractivity contribution in [3.8, 4) is 0 Å². The largest absolute Gasteiger partial charge is 0.381 e. The van der Waals surface area contributed by atoms with E-state index in [2.05, 4.69) is 4.98 Å². The van der Waals surface area contributed by atoms with Crippen LogP contribution in [0.4, 0.5) is 0 Å². The third kappa shape index (κ3) is 4.37. The van der Waals surface area contributed by atoms with Crippen LogP contribution in [-0.2, 0) is 12.0 Å². The van der Waals surface area contributed by atoms with E-state index in [0.717, 1.165) is 15.5 Å². The summed E-state index contributed by atoms with van der Waals surface area (Å²) in [4.78, 5) is 4.35. The first-order valence-electron chi connectivity index (χ1n) is 6.66. The predicted molar refractivity (Wildman–Crippen MR) is 93.4 cm³/mol. The second kappa shape index (κ2) is 7.69. The van der Waals surface area contributed by atoms with E-state index in [4.69, 9.17) is 0 Å². The summed E-state index contributed by atoms with van der Waals surface area (Å²) in [6.45, 7) is 0. The van der Waals surface area contributed by atoms with E-state index in [1.54, 1.807) is 29.7 Å². The summed E-state index contributed by atoms with van der Waals surface area (Å²) in [5.74, 6) is 0. The Balaban J connectivity index is 2.41. The van der Waals surface area contributed by atoms with Crippen molar-refractivity contribution in [2.24, 2.45) is 0 Å². The van der Waals surface area contributed by atoms with Crippen molar-refractivity contribution in [2.75, 3.05) is 12.5 Å². The highest BCUT2D eigenvalue weighted by molar-refractivity contribution is 8.21. The second-order valence-electron chi connectivity index (χ2n) is 4.66. The van der Waals surface area contributed by atoms with Gasteiger partial charge in [0.25, 0.3) is 0 Å². The molecule has 0 aliphatic rings. The van der Waals surface area contributed by atoms with Gasteiger partial charge in [0.2, 0.25) is 0 Å². The maximum Gasteiger partial charge on any atom is 0.115 e. The standard InChI is InChI=1S/C17H19NOS2/c1-20-16(21-2)13-17(19,14-8-4-3-5-9-14)12-15-10-6-7-11-18-15/h3-11,13,19H,12H2,1-2H3. The Hall–Kier alpha value is -1.23. The first-order valence-corrected chi connectivity index (χ1v) is 9.11. The highest BCUT2D eigenvalue weighted by Crippen LogP contribution is 2.33. The highest BCUT2D eigenvalue weighted by atomic mass is 32.2. The Kier molecular flexibility index (Phi) is 5.91. The SMILES string of the molecule is CSC(=CC(O)(Cc1ccccn1)c1ccccc1)SC. The normalized spacial score (nSPS) is 13.5. The lowest BCUT2D eigenvalue weighted by molar-refractivity contribution is 0.0888. The van der Waals surface area contributed by atoms with E-state index in [9.17, 15) is 5.11 Å². The van der Waals surface area contributed by atoms with Crippen molar-refractivity contribution in [1.29, 1.82) is 0 Å². The maximum absolute atomic E-state index is 11.2. The number of hydrogen-bond acceptors (Lipinski definition) is 4. The minimum atomic E-state index is -1.04. The van der Waals surface area contributed by atoms with Crippen molar-refractivity contribution in [1.82, 2.24) is 4.98 Å². The molecule has 0 spiro atoms. The number of pyridine rings is 1. The molecule has 1 N–H and O–H groups in total. The van der Waals surface area contributed by atoms with Crippen molar-refractivity contribution in [2.45, 2.75) is 12.0 Å². The lowest BCUT2D eigenvalue weighted by Gasteiger charge is -2.26. The zero-order valence-electron chi connectivity index (χ0n) is 12.2. The molecule has 1 unspecified atom stereocenters. The molecule has 0 bridgehead atoms. The fourth-order valence-corrected chi connectivity index (χ4v) is 3.43. The molecule has 110 valence electrons. The molecule has 0 aliphatic carbocycles. The first kappa shape index (κ1) is 16.1. The summed E-state index contributed by atoms with van der Waals surface area (Å²) in [5, 5.41) is 11.2. The fraction of sp³-hybridized carbons (Fsp3) is 0.235. The van der Waals surface area contributed by atoms with Gasteiger partial charge in [-0.1, -0.05) is 36.4 Å². The number of thioether (sulfide) groups is 2. The monoisotopic (exact) mass is 317 g/mol. The molecular formula is C17H19NOS2. The van der Waals surface area contributed by atoms with Crippen LogP contribution in [0.5, 0.6) is 0 Å². The summed E-state index contributed by atoms with van der Waals surface area (Å²) >= 11 is 3.29. The van der Waals surface area contributed by atoms with Crippen molar-refractivity contribution in [3.63, 3.8) is 0 Å². The Labute approximate surface area is 134 Å². The van der Waals surface area contributed by atoms with E-state index >= 15 is 0 Å². The molecule has 2 aromatic rings. The number of aliphatic hydroxyl groups is 1. The van der Waals surface area contributed by atoms with Crippen LogP contribution in [0, 0.1) is 0 Å². The number of hydrogen-bond donors (Lipinski definition) is 1. The zero-order valence-corrected chi connectivity index (χ0v) is 13.8. The van der Waals surface area contributed by atoms with Gasteiger partial charge in [0, 0.05) is 22.5 Å². The number of benzene rings is 1. The van der Waals surface area contributed by atoms with Crippen molar-refractivity contribution < 1.29 is 5.11 Å². The van der Waals surface area contributed by atoms with Gasteiger partial charge in [-0.25, -0.2) is 0 Å². The van der Waals surface area contributed by atoms with Crippen LogP contribution in [0.3, 0.4) is 0 Å². The molecular weight excluding hydrogens is 298 g/mol. The number of aromatic nitrogens is 1. The molecule has 0 aliphatic heterocycles. The van der Waals surface area contributed by atoms with Gasteiger partial charge < -0.3 is 5.11 Å². The Morgan fingerprint density at radius 3 is 2.33 bits per heavy atom. The summed E-state index contributed by atoms with van der Waals surface area (Å²) in [5.41, 5.74) is 0.717. The third-order valence-electron chi connectivity index (χ3n) is 3.21. The van der Waals surface area contributed by atoms with E-state index in [1.165, 1.54) is 0 Å². The molecule has 4 heteroatoms. The third-order valence-corrected chi connectivity index (χ3v) is 5.25. The smallest absolute Gasteiger partial charge is 0.115 e. The van der Waals surface area contributed by atoms with Gasteiger partial charge in [0.05, 0.1) is 0 Å². The van der Waals surface area contributed by atoms with E-state index < -0.39 is 5.60 Å². The maximum atomic E-state index is 11.2.